The van der Waals surface area contributed by atoms with E-state index in [1.54, 1.807) is 0 Å². The van der Waals surface area contributed by atoms with Crippen LogP contribution in [-0.2, 0) is 32.1 Å². The summed E-state index contributed by atoms with van der Waals surface area (Å²) in [5.41, 5.74) is 2.86. The zero-order valence-corrected chi connectivity index (χ0v) is 15.3. The summed E-state index contributed by atoms with van der Waals surface area (Å²) in [7, 11) is -3.61. The molecule has 1 unspecified atom stereocenters. The van der Waals surface area contributed by atoms with E-state index < -0.39 is 22.3 Å². The summed E-state index contributed by atoms with van der Waals surface area (Å²) in [5, 5.41) is 0. The number of benzene rings is 2. The minimum Gasteiger partial charge on any atom is -0.445 e. The third-order valence-corrected chi connectivity index (χ3v) is 4.86. The number of hydrogen-bond acceptors (Lipinski definition) is 5. The van der Waals surface area contributed by atoms with Crippen LogP contribution < -0.4 is 0 Å². The fourth-order valence-electron chi connectivity index (χ4n) is 3.04. The first-order valence-corrected chi connectivity index (χ1v) is 10.2. The van der Waals surface area contributed by atoms with Gasteiger partial charge in [0, 0.05) is 6.54 Å². The summed E-state index contributed by atoms with van der Waals surface area (Å²) in [4.78, 5) is 14.2. The van der Waals surface area contributed by atoms with Gasteiger partial charge in [-0.3, -0.25) is 9.08 Å². The first-order chi connectivity index (χ1) is 12.4. The normalized spacial score (nSPS) is 16.8. The Bertz CT molecular complexity index is 867. The minimum absolute atomic E-state index is 0.129. The molecule has 1 aliphatic heterocycles. The average Bonchev–Trinajstić information content (AvgIpc) is 2.64. The summed E-state index contributed by atoms with van der Waals surface area (Å²) in [6.45, 7) is 0.482. The van der Waals surface area contributed by atoms with E-state index in [0.29, 0.717) is 13.0 Å². The monoisotopic (exact) mass is 375 g/mol. The highest BCUT2D eigenvalue weighted by molar-refractivity contribution is 7.85. The number of fused-ring (bicyclic) bond motifs is 1. The Morgan fingerprint density at radius 1 is 1.12 bits per heavy atom. The van der Waals surface area contributed by atoms with Gasteiger partial charge in [-0.05, 0) is 23.1 Å². The minimum atomic E-state index is -3.61. The summed E-state index contributed by atoms with van der Waals surface area (Å²) in [6, 6.07) is 16.6. The molecule has 1 atom stereocenters. The van der Waals surface area contributed by atoms with Crippen LogP contribution in [-0.4, -0.2) is 38.8 Å². The zero-order valence-electron chi connectivity index (χ0n) is 14.5. The van der Waals surface area contributed by atoms with Gasteiger partial charge in [-0.25, -0.2) is 4.79 Å². The van der Waals surface area contributed by atoms with Gasteiger partial charge in [-0.15, -0.1) is 0 Å². The third-order valence-electron chi connectivity index (χ3n) is 4.29. The molecule has 1 amide bonds. The number of nitrogens with zero attached hydrogens (tertiary/aromatic N) is 1. The summed E-state index contributed by atoms with van der Waals surface area (Å²) >= 11 is 0. The highest BCUT2D eigenvalue weighted by atomic mass is 32.2. The van der Waals surface area contributed by atoms with Crippen LogP contribution in [0.5, 0.6) is 0 Å². The molecule has 0 bridgehead atoms. The van der Waals surface area contributed by atoms with Crippen molar-refractivity contribution < 1.29 is 22.1 Å². The van der Waals surface area contributed by atoms with Crippen molar-refractivity contribution in [3.05, 3.63) is 71.3 Å². The van der Waals surface area contributed by atoms with E-state index in [1.165, 1.54) is 4.90 Å². The number of rotatable bonds is 5. The molecule has 26 heavy (non-hydrogen) atoms. The largest absolute Gasteiger partial charge is 0.445 e. The van der Waals surface area contributed by atoms with Gasteiger partial charge in [-0.1, -0.05) is 54.6 Å². The lowest BCUT2D eigenvalue weighted by Crippen LogP contribution is -2.42. The molecule has 3 rings (SSSR count). The lowest BCUT2D eigenvalue weighted by molar-refractivity contribution is 0.0647. The van der Waals surface area contributed by atoms with Crippen molar-refractivity contribution in [3.8, 4) is 0 Å². The lowest BCUT2D eigenvalue weighted by atomic mass is 9.93. The predicted octanol–water partition coefficient (Wildman–Crippen LogP) is 2.90. The highest BCUT2D eigenvalue weighted by Gasteiger charge is 2.32. The fraction of sp³-hybridized carbons (Fsp3) is 0.316. The van der Waals surface area contributed by atoms with Crippen molar-refractivity contribution in [1.82, 2.24) is 4.90 Å². The molecule has 0 aliphatic carbocycles. The third kappa shape index (κ3) is 4.62. The highest BCUT2D eigenvalue weighted by Crippen LogP contribution is 2.31. The van der Waals surface area contributed by atoms with Crippen LogP contribution >= 0.6 is 0 Å². The Balaban J connectivity index is 1.76. The molecule has 0 spiro atoms. The molecule has 2 aromatic rings. The van der Waals surface area contributed by atoms with E-state index in [-0.39, 0.29) is 13.2 Å². The van der Waals surface area contributed by atoms with Gasteiger partial charge in [-0.2, -0.15) is 8.42 Å². The molecular formula is C19H21NO5S. The van der Waals surface area contributed by atoms with Crippen molar-refractivity contribution in [2.75, 3.05) is 19.4 Å². The topological polar surface area (TPSA) is 72.9 Å². The van der Waals surface area contributed by atoms with Crippen LogP contribution in [0.25, 0.3) is 0 Å². The van der Waals surface area contributed by atoms with Crippen LogP contribution in [0.2, 0.25) is 0 Å². The Labute approximate surface area is 153 Å². The van der Waals surface area contributed by atoms with Crippen molar-refractivity contribution >= 4 is 16.2 Å². The average molecular weight is 375 g/mol. The molecule has 0 radical (unpaired) electrons. The molecule has 0 aromatic heterocycles. The van der Waals surface area contributed by atoms with Gasteiger partial charge >= 0.3 is 6.09 Å². The maximum absolute atomic E-state index is 12.6. The Morgan fingerprint density at radius 3 is 2.54 bits per heavy atom. The maximum atomic E-state index is 12.6. The molecular weight excluding hydrogens is 354 g/mol. The summed E-state index contributed by atoms with van der Waals surface area (Å²) in [6.07, 6.45) is 1.21. The van der Waals surface area contributed by atoms with E-state index in [4.69, 9.17) is 8.92 Å². The molecule has 0 saturated heterocycles. The van der Waals surface area contributed by atoms with Crippen LogP contribution in [0.1, 0.15) is 22.7 Å². The van der Waals surface area contributed by atoms with Gasteiger partial charge in [0.1, 0.15) is 6.61 Å². The van der Waals surface area contributed by atoms with Crippen LogP contribution in [0.4, 0.5) is 4.79 Å². The quantitative estimate of drug-likeness (QED) is 0.752. The number of carbonyl (C=O) groups excluding carboxylic acids is 1. The van der Waals surface area contributed by atoms with Crippen molar-refractivity contribution in [2.45, 2.75) is 19.1 Å². The second kappa shape index (κ2) is 7.88. The smallest absolute Gasteiger partial charge is 0.410 e. The van der Waals surface area contributed by atoms with E-state index >= 15 is 0 Å². The van der Waals surface area contributed by atoms with Gasteiger partial charge in [0.15, 0.2) is 0 Å². The van der Waals surface area contributed by atoms with Gasteiger partial charge in [0.05, 0.1) is 18.9 Å². The van der Waals surface area contributed by atoms with Crippen LogP contribution in [0.15, 0.2) is 54.6 Å². The molecule has 138 valence electrons. The molecule has 2 aromatic carbocycles. The lowest BCUT2D eigenvalue weighted by Gasteiger charge is -2.36. The van der Waals surface area contributed by atoms with Gasteiger partial charge < -0.3 is 4.74 Å². The molecule has 1 heterocycles. The fourth-order valence-corrected chi connectivity index (χ4v) is 3.42. The molecule has 1 aliphatic rings. The van der Waals surface area contributed by atoms with E-state index in [0.717, 1.165) is 22.9 Å². The Hall–Kier alpha value is -2.38. The number of hydrogen-bond donors (Lipinski definition) is 0. The maximum Gasteiger partial charge on any atom is 0.410 e. The first-order valence-electron chi connectivity index (χ1n) is 8.33. The summed E-state index contributed by atoms with van der Waals surface area (Å²) < 4.78 is 33.3. The number of amides is 1. The molecule has 0 N–H and O–H groups in total. The Morgan fingerprint density at radius 2 is 1.81 bits per heavy atom. The van der Waals surface area contributed by atoms with Crippen molar-refractivity contribution in [2.24, 2.45) is 0 Å². The molecule has 0 saturated carbocycles. The van der Waals surface area contributed by atoms with Crippen LogP contribution in [0, 0.1) is 0 Å². The predicted molar refractivity (Wildman–Crippen MR) is 97.0 cm³/mol. The van der Waals surface area contributed by atoms with E-state index in [1.807, 2.05) is 54.6 Å². The second-order valence-electron chi connectivity index (χ2n) is 6.19. The molecule has 0 fully saturated rings. The van der Waals surface area contributed by atoms with Gasteiger partial charge in [0.25, 0.3) is 10.1 Å². The first kappa shape index (κ1) is 18.4. The van der Waals surface area contributed by atoms with E-state index in [9.17, 15) is 13.2 Å². The zero-order chi connectivity index (χ0) is 18.6. The second-order valence-corrected chi connectivity index (χ2v) is 7.83. The standard InChI is InChI=1S/C19H21NO5S/c1-26(22,23)25-14-18-17-10-6-5-9-16(17)11-12-20(18)19(21)24-13-15-7-3-2-4-8-15/h2-10,18H,11-14H2,1H3. The number of carbonyl (C=O) groups is 1. The van der Waals surface area contributed by atoms with Gasteiger partial charge in [0.2, 0.25) is 0 Å². The summed E-state index contributed by atoms with van der Waals surface area (Å²) in [5.74, 6) is 0. The SMILES string of the molecule is CS(=O)(=O)OCC1c2ccccc2CCN1C(=O)OCc1ccccc1. The Kier molecular flexibility index (Phi) is 5.58. The molecule has 7 heteroatoms. The van der Waals surface area contributed by atoms with Crippen molar-refractivity contribution in [3.63, 3.8) is 0 Å². The van der Waals surface area contributed by atoms with E-state index in [2.05, 4.69) is 0 Å². The van der Waals surface area contributed by atoms with Crippen LogP contribution in [0.3, 0.4) is 0 Å². The van der Waals surface area contributed by atoms with Crippen molar-refractivity contribution in [1.29, 1.82) is 0 Å². The number of ether oxygens (including phenoxy) is 1. The molecule has 6 nitrogen and oxygen atoms in total.